The van der Waals surface area contributed by atoms with E-state index in [2.05, 4.69) is 27.7 Å². The molecule has 0 aliphatic heterocycles. The third-order valence-corrected chi connectivity index (χ3v) is 14.4. The topological polar surface area (TPSA) is 78.9 Å². The van der Waals surface area contributed by atoms with Crippen LogP contribution in [0.3, 0.4) is 0 Å². The Balaban J connectivity index is 4.29. The van der Waals surface area contributed by atoms with Gasteiger partial charge in [0.1, 0.15) is 13.2 Å². The molecule has 0 aliphatic rings. The van der Waals surface area contributed by atoms with Crippen LogP contribution in [0.15, 0.2) is 0 Å². The summed E-state index contributed by atoms with van der Waals surface area (Å²) in [7, 11) is 0. The SMILES string of the molecule is CCCCCCCCCCCCCCCCCCCCCC(=O)O[C@H](COC(=O)CCCCCCCCCCCCCCCCCC)COC(=O)CCCCCCCCCCCCC(C)CC. The van der Waals surface area contributed by atoms with Gasteiger partial charge in [-0.1, -0.05) is 310 Å². The summed E-state index contributed by atoms with van der Waals surface area (Å²) in [6.07, 6.45) is 60.9. The molecule has 6 nitrogen and oxygen atoms in total. The first-order chi connectivity index (χ1) is 32.9. The number of carbonyl (C=O) groups excluding carboxylic acids is 3. The standard InChI is InChI=1S/C61H118O6/c1-5-8-10-12-14-16-18-20-22-24-25-26-28-30-32-38-42-46-50-54-61(64)67-58(56-66-60(63)53-49-45-41-37-34-33-35-39-43-47-51-57(4)7-3)55-65-59(62)52-48-44-40-36-31-29-27-23-21-19-17-15-13-11-9-6-2/h57-58H,5-56H2,1-4H3/t57?,58-/m1/s1. The molecule has 0 aromatic rings. The van der Waals surface area contributed by atoms with Crippen molar-refractivity contribution < 1.29 is 28.6 Å². The lowest BCUT2D eigenvalue weighted by Crippen LogP contribution is -2.30. The fraction of sp³-hybridized carbons (Fsp3) is 0.951. The van der Waals surface area contributed by atoms with Crippen LogP contribution >= 0.6 is 0 Å². The molecule has 0 rings (SSSR count). The summed E-state index contributed by atoms with van der Waals surface area (Å²) < 4.78 is 16.9. The number of hydrogen-bond donors (Lipinski definition) is 0. The van der Waals surface area contributed by atoms with Gasteiger partial charge in [-0.3, -0.25) is 14.4 Å². The molecule has 1 unspecified atom stereocenters. The van der Waals surface area contributed by atoms with Crippen molar-refractivity contribution in [2.24, 2.45) is 5.92 Å². The highest BCUT2D eigenvalue weighted by Crippen LogP contribution is 2.19. The van der Waals surface area contributed by atoms with E-state index in [9.17, 15) is 14.4 Å². The molecule has 0 spiro atoms. The second kappa shape index (κ2) is 55.3. The highest BCUT2D eigenvalue weighted by Gasteiger charge is 2.19. The van der Waals surface area contributed by atoms with Gasteiger partial charge in [-0.25, -0.2) is 0 Å². The minimum atomic E-state index is -0.762. The van der Waals surface area contributed by atoms with E-state index in [0.29, 0.717) is 19.3 Å². The lowest BCUT2D eigenvalue weighted by molar-refractivity contribution is -0.167. The van der Waals surface area contributed by atoms with Crippen LogP contribution in [0, 0.1) is 5.92 Å². The predicted octanol–water partition coefficient (Wildman–Crippen LogP) is 20.2. The maximum Gasteiger partial charge on any atom is 0.306 e. The molecule has 0 N–H and O–H groups in total. The molecule has 6 heteroatoms. The largest absolute Gasteiger partial charge is 0.462 e. The number of hydrogen-bond acceptors (Lipinski definition) is 6. The van der Waals surface area contributed by atoms with Gasteiger partial charge in [-0.15, -0.1) is 0 Å². The van der Waals surface area contributed by atoms with Crippen LogP contribution < -0.4 is 0 Å². The summed E-state index contributed by atoms with van der Waals surface area (Å²) in [5.74, 6) is 0.0371. The van der Waals surface area contributed by atoms with Gasteiger partial charge in [-0.2, -0.15) is 0 Å². The molecule has 0 saturated heterocycles. The second-order valence-electron chi connectivity index (χ2n) is 21.2. The zero-order valence-electron chi connectivity index (χ0n) is 45.9. The van der Waals surface area contributed by atoms with Crippen LogP contribution in [0.5, 0.6) is 0 Å². The van der Waals surface area contributed by atoms with Crippen LogP contribution in [0.25, 0.3) is 0 Å². The first kappa shape index (κ1) is 65.4. The van der Waals surface area contributed by atoms with E-state index in [4.69, 9.17) is 14.2 Å². The van der Waals surface area contributed by atoms with Crippen molar-refractivity contribution >= 4 is 17.9 Å². The van der Waals surface area contributed by atoms with Gasteiger partial charge in [0.25, 0.3) is 0 Å². The monoisotopic (exact) mass is 947 g/mol. The Bertz CT molecular complexity index is 1010. The number of carbonyl (C=O) groups is 3. The Morgan fingerprint density at radius 3 is 0.776 bits per heavy atom. The number of unbranched alkanes of at least 4 members (excludes halogenated alkanes) is 42. The second-order valence-corrected chi connectivity index (χ2v) is 21.2. The molecule has 0 radical (unpaired) electrons. The van der Waals surface area contributed by atoms with Gasteiger partial charge in [0, 0.05) is 19.3 Å². The highest BCUT2D eigenvalue weighted by molar-refractivity contribution is 5.71. The maximum absolute atomic E-state index is 12.9. The molecule has 0 aromatic carbocycles. The Labute approximate surface area is 418 Å². The number of rotatable bonds is 56. The normalized spacial score (nSPS) is 12.4. The third kappa shape index (κ3) is 53.6. The Morgan fingerprint density at radius 1 is 0.299 bits per heavy atom. The summed E-state index contributed by atoms with van der Waals surface area (Å²) in [6.45, 7) is 9.09. The average molecular weight is 948 g/mol. The zero-order chi connectivity index (χ0) is 48.8. The van der Waals surface area contributed by atoms with E-state index in [-0.39, 0.29) is 31.1 Å². The summed E-state index contributed by atoms with van der Waals surface area (Å²) in [5.41, 5.74) is 0. The van der Waals surface area contributed by atoms with Gasteiger partial charge < -0.3 is 14.2 Å². The van der Waals surface area contributed by atoms with Gasteiger partial charge in [0.05, 0.1) is 0 Å². The smallest absolute Gasteiger partial charge is 0.306 e. The van der Waals surface area contributed by atoms with E-state index in [1.165, 1.54) is 244 Å². The first-order valence-electron chi connectivity index (χ1n) is 30.4. The van der Waals surface area contributed by atoms with Crippen molar-refractivity contribution in [3.8, 4) is 0 Å². The van der Waals surface area contributed by atoms with Crippen molar-refractivity contribution in [3.63, 3.8) is 0 Å². The molecule has 0 aromatic heterocycles. The number of ether oxygens (including phenoxy) is 3. The minimum absolute atomic E-state index is 0.0617. The molecular weight excluding hydrogens is 829 g/mol. The summed E-state index contributed by atoms with van der Waals surface area (Å²) >= 11 is 0. The van der Waals surface area contributed by atoms with E-state index in [0.717, 1.165) is 63.7 Å². The quantitative estimate of drug-likeness (QED) is 0.0343. The molecule has 67 heavy (non-hydrogen) atoms. The van der Waals surface area contributed by atoms with Crippen molar-refractivity contribution in [1.29, 1.82) is 0 Å². The van der Waals surface area contributed by atoms with Gasteiger partial charge in [0.15, 0.2) is 6.10 Å². The summed E-state index contributed by atoms with van der Waals surface area (Å²) in [4.78, 5) is 38.2. The van der Waals surface area contributed by atoms with E-state index < -0.39 is 6.10 Å². The molecule has 0 amide bonds. The van der Waals surface area contributed by atoms with Crippen molar-refractivity contribution in [2.45, 2.75) is 355 Å². The highest BCUT2D eigenvalue weighted by atomic mass is 16.6. The minimum Gasteiger partial charge on any atom is -0.462 e. The van der Waals surface area contributed by atoms with Crippen LogP contribution in [0.2, 0.25) is 0 Å². The van der Waals surface area contributed by atoms with Crippen molar-refractivity contribution in [1.82, 2.24) is 0 Å². The van der Waals surface area contributed by atoms with Crippen LogP contribution in [0.1, 0.15) is 349 Å². The van der Waals surface area contributed by atoms with E-state index >= 15 is 0 Å². The summed E-state index contributed by atoms with van der Waals surface area (Å²) in [5, 5.41) is 0. The molecule has 0 fully saturated rings. The van der Waals surface area contributed by atoms with Gasteiger partial charge >= 0.3 is 17.9 Å². The van der Waals surface area contributed by atoms with Crippen LogP contribution in [0.4, 0.5) is 0 Å². The maximum atomic E-state index is 12.9. The lowest BCUT2D eigenvalue weighted by Gasteiger charge is -2.18. The molecule has 0 heterocycles. The average Bonchev–Trinajstić information content (AvgIpc) is 3.33. The molecule has 2 atom stereocenters. The molecular formula is C61H118O6. The molecule has 0 aliphatic carbocycles. The zero-order valence-corrected chi connectivity index (χ0v) is 45.9. The molecule has 0 saturated carbocycles. The van der Waals surface area contributed by atoms with Crippen LogP contribution in [-0.4, -0.2) is 37.2 Å². The van der Waals surface area contributed by atoms with Crippen molar-refractivity contribution in [2.75, 3.05) is 13.2 Å². The van der Waals surface area contributed by atoms with Gasteiger partial charge in [0.2, 0.25) is 0 Å². The third-order valence-electron chi connectivity index (χ3n) is 14.4. The van der Waals surface area contributed by atoms with Gasteiger partial charge in [-0.05, 0) is 25.2 Å². The Morgan fingerprint density at radius 2 is 0.522 bits per heavy atom. The Kier molecular flexibility index (Phi) is 54.0. The van der Waals surface area contributed by atoms with Crippen LogP contribution in [-0.2, 0) is 28.6 Å². The van der Waals surface area contributed by atoms with E-state index in [1.807, 2.05) is 0 Å². The van der Waals surface area contributed by atoms with Crippen molar-refractivity contribution in [3.05, 3.63) is 0 Å². The first-order valence-corrected chi connectivity index (χ1v) is 30.4. The lowest BCUT2D eigenvalue weighted by atomic mass is 9.99. The molecule has 0 bridgehead atoms. The Hall–Kier alpha value is -1.59. The fourth-order valence-electron chi connectivity index (χ4n) is 9.42. The summed E-state index contributed by atoms with van der Waals surface area (Å²) in [6, 6.07) is 0. The number of esters is 3. The fourth-order valence-corrected chi connectivity index (χ4v) is 9.42. The predicted molar refractivity (Wildman–Crippen MR) is 289 cm³/mol. The molecule has 398 valence electrons. The van der Waals surface area contributed by atoms with E-state index in [1.54, 1.807) is 0 Å².